The Balaban J connectivity index is 2.42. The monoisotopic (exact) mass is 495 g/mol. The molecule has 0 aromatic heterocycles. The number of rotatable bonds is 6. The zero-order valence-electron chi connectivity index (χ0n) is 18.9. The maximum Gasteiger partial charge on any atom is 0.416 e. The van der Waals surface area contributed by atoms with Gasteiger partial charge in [-0.2, -0.15) is 26.3 Å². The van der Waals surface area contributed by atoms with Crippen molar-refractivity contribution in [3.8, 4) is 0 Å². The van der Waals surface area contributed by atoms with Crippen molar-refractivity contribution >= 4 is 15.8 Å². The second kappa shape index (κ2) is 9.58. The molecule has 2 aromatic carbocycles. The minimum absolute atomic E-state index is 0.0732. The van der Waals surface area contributed by atoms with Gasteiger partial charge in [0.1, 0.15) is 0 Å². The lowest BCUT2D eigenvalue weighted by Crippen LogP contribution is -2.33. The first kappa shape index (κ1) is 27.0. The molecule has 0 saturated carbocycles. The number of nitrogens with zero attached hydrogens (tertiary/aromatic N) is 1. The first-order valence-corrected chi connectivity index (χ1v) is 12.2. The number of alkyl halides is 6. The molecule has 2 rings (SSSR count). The minimum atomic E-state index is -4.95. The number of hydrogen-bond acceptors (Lipinski definition) is 2. The summed E-state index contributed by atoms with van der Waals surface area (Å²) in [5.41, 5.74) is -2.21. The van der Waals surface area contributed by atoms with E-state index in [-0.39, 0.29) is 18.2 Å². The Morgan fingerprint density at radius 1 is 0.939 bits per heavy atom. The SMILES string of the molecule is C[C@@H](OC/C(=N/[SH](C)(=O)C(C)(C)C)c1ccccc1)c1cc(C(F)(F)F)cc(C(F)(F)F)c1. The molecule has 0 unspecified atom stereocenters. The number of thiol groups is 1. The van der Waals surface area contributed by atoms with Gasteiger partial charge in [-0.3, -0.25) is 4.21 Å². The van der Waals surface area contributed by atoms with Crippen LogP contribution in [-0.4, -0.2) is 27.5 Å². The zero-order valence-corrected chi connectivity index (χ0v) is 19.8. The highest BCUT2D eigenvalue weighted by molar-refractivity contribution is 8.02. The molecule has 2 aromatic rings. The van der Waals surface area contributed by atoms with Crippen LogP contribution in [0.1, 0.15) is 56.1 Å². The summed E-state index contributed by atoms with van der Waals surface area (Å²) in [6, 6.07) is 10.00. The predicted octanol–water partition coefficient (Wildman–Crippen LogP) is 6.65. The van der Waals surface area contributed by atoms with E-state index in [1.54, 1.807) is 51.1 Å². The van der Waals surface area contributed by atoms with E-state index in [4.69, 9.17) is 4.74 Å². The summed E-state index contributed by atoms with van der Waals surface area (Å²) in [4.78, 5) is 0. The minimum Gasteiger partial charge on any atom is -0.367 e. The van der Waals surface area contributed by atoms with Crippen LogP contribution in [0.2, 0.25) is 0 Å². The normalized spacial score (nSPS) is 15.4. The van der Waals surface area contributed by atoms with Crippen LogP contribution in [0.5, 0.6) is 0 Å². The van der Waals surface area contributed by atoms with E-state index in [0.29, 0.717) is 23.4 Å². The Morgan fingerprint density at radius 2 is 1.42 bits per heavy atom. The fourth-order valence-corrected chi connectivity index (χ4v) is 3.63. The van der Waals surface area contributed by atoms with E-state index in [0.717, 1.165) is 0 Å². The van der Waals surface area contributed by atoms with E-state index in [1.165, 1.54) is 13.2 Å². The maximum atomic E-state index is 13.2. The van der Waals surface area contributed by atoms with Gasteiger partial charge in [0.05, 0.1) is 29.5 Å². The average molecular weight is 496 g/mol. The standard InChI is InChI=1S/C23H27F6NO2S/c1-15(17-11-18(22(24,25)26)13-19(12-17)23(27,28)29)32-14-20(16-9-7-6-8-10-16)30-33(5,31)21(2,3)4/h6-13,15,33H,14H2,1-5H3/b30-20-/t15-/m1/s1. The second-order valence-corrected chi connectivity index (χ2v) is 12.1. The third kappa shape index (κ3) is 7.14. The molecule has 0 N–H and O–H groups in total. The van der Waals surface area contributed by atoms with Crippen molar-refractivity contribution in [1.29, 1.82) is 0 Å². The zero-order chi connectivity index (χ0) is 25.2. The van der Waals surface area contributed by atoms with Gasteiger partial charge < -0.3 is 4.74 Å². The molecule has 1 atom stereocenters. The van der Waals surface area contributed by atoms with Crippen molar-refractivity contribution in [2.24, 2.45) is 4.40 Å². The summed E-state index contributed by atoms with van der Waals surface area (Å²) in [5.74, 6) is 0. The highest BCUT2D eigenvalue weighted by Crippen LogP contribution is 2.38. The van der Waals surface area contributed by atoms with Crippen molar-refractivity contribution in [3.05, 3.63) is 70.8 Å². The summed E-state index contributed by atoms with van der Waals surface area (Å²) in [6.45, 7) is 6.41. The molecule has 33 heavy (non-hydrogen) atoms. The predicted molar refractivity (Wildman–Crippen MR) is 119 cm³/mol. The van der Waals surface area contributed by atoms with Gasteiger partial charge in [-0.05, 0) is 67.1 Å². The van der Waals surface area contributed by atoms with Crippen LogP contribution < -0.4 is 0 Å². The molecule has 0 saturated heterocycles. The van der Waals surface area contributed by atoms with Crippen molar-refractivity contribution in [2.75, 3.05) is 12.9 Å². The lowest BCUT2D eigenvalue weighted by atomic mass is 10.0. The van der Waals surface area contributed by atoms with E-state index in [2.05, 4.69) is 4.40 Å². The Labute approximate surface area is 190 Å². The van der Waals surface area contributed by atoms with Gasteiger partial charge in [0, 0.05) is 11.0 Å². The van der Waals surface area contributed by atoms with E-state index in [1.807, 2.05) is 0 Å². The lowest BCUT2D eigenvalue weighted by molar-refractivity contribution is -0.143. The van der Waals surface area contributed by atoms with Gasteiger partial charge >= 0.3 is 12.4 Å². The van der Waals surface area contributed by atoms with Crippen LogP contribution in [0.3, 0.4) is 0 Å². The smallest absolute Gasteiger partial charge is 0.367 e. The van der Waals surface area contributed by atoms with E-state index in [9.17, 15) is 30.6 Å². The van der Waals surface area contributed by atoms with Gasteiger partial charge in [-0.1, -0.05) is 30.3 Å². The quantitative estimate of drug-likeness (QED) is 0.277. The first-order chi connectivity index (χ1) is 14.9. The van der Waals surface area contributed by atoms with Crippen molar-refractivity contribution in [1.82, 2.24) is 0 Å². The molecule has 3 nitrogen and oxygen atoms in total. The summed E-state index contributed by atoms with van der Waals surface area (Å²) < 4.78 is 102. The summed E-state index contributed by atoms with van der Waals surface area (Å²) >= 11 is 0. The van der Waals surface area contributed by atoms with Gasteiger partial charge in [-0.25, -0.2) is 4.40 Å². The number of benzene rings is 2. The Bertz CT molecular complexity index is 1010. The Kier molecular flexibility index (Phi) is 7.85. The Hall–Kier alpha value is -2.20. The molecule has 0 aliphatic heterocycles. The lowest BCUT2D eigenvalue weighted by Gasteiger charge is -2.30. The van der Waals surface area contributed by atoms with Gasteiger partial charge in [0.2, 0.25) is 0 Å². The van der Waals surface area contributed by atoms with Gasteiger partial charge in [0.25, 0.3) is 0 Å². The van der Waals surface area contributed by atoms with E-state index < -0.39 is 44.4 Å². The van der Waals surface area contributed by atoms with Gasteiger partial charge in [0.15, 0.2) is 0 Å². The topological polar surface area (TPSA) is 38.7 Å². The maximum absolute atomic E-state index is 13.2. The van der Waals surface area contributed by atoms with Crippen LogP contribution in [0.4, 0.5) is 26.3 Å². The number of hydrogen-bond donors (Lipinski definition) is 1. The molecule has 0 aliphatic carbocycles. The molecule has 0 aliphatic rings. The second-order valence-electron chi connectivity index (χ2n) is 8.76. The largest absolute Gasteiger partial charge is 0.416 e. The fraction of sp³-hybridized carbons (Fsp3) is 0.435. The third-order valence-corrected chi connectivity index (χ3v) is 8.33. The van der Waals surface area contributed by atoms with Crippen molar-refractivity contribution in [2.45, 2.75) is 50.9 Å². The molecular weight excluding hydrogens is 468 g/mol. The van der Waals surface area contributed by atoms with E-state index >= 15 is 0 Å². The molecule has 0 bridgehead atoms. The van der Waals surface area contributed by atoms with Crippen LogP contribution in [0.15, 0.2) is 52.9 Å². The first-order valence-electron chi connectivity index (χ1n) is 10.0. The van der Waals surface area contributed by atoms with Crippen molar-refractivity contribution in [3.63, 3.8) is 0 Å². The van der Waals surface area contributed by atoms with Crippen LogP contribution in [0.25, 0.3) is 0 Å². The Morgan fingerprint density at radius 3 is 1.85 bits per heavy atom. The molecule has 0 spiro atoms. The highest BCUT2D eigenvalue weighted by Gasteiger charge is 2.37. The van der Waals surface area contributed by atoms with Crippen LogP contribution in [-0.2, 0) is 27.2 Å². The molecule has 0 amide bonds. The summed E-state index contributed by atoms with van der Waals surface area (Å²) in [5, 5.41) is 0. The third-order valence-electron chi connectivity index (χ3n) is 5.21. The fourth-order valence-electron chi connectivity index (χ4n) is 2.69. The molecule has 0 heterocycles. The van der Waals surface area contributed by atoms with Crippen LogP contribution >= 0.6 is 0 Å². The number of halogens is 6. The van der Waals surface area contributed by atoms with Gasteiger partial charge in [-0.15, -0.1) is 0 Å². The summed E-state index contributed by atoms with van der Waals surface area (Å²) in [7, 11) is -3.08. The molecular formula is C23H27F6NO2S. The summed E-state index contributed by atoms with van der Waals surface area (Å²) in [6.07, 6.45) is -9.50. The molecule has 184 valence electrons. The highest BCUT2D eigenvalue weighted by atomic mass is 32.3. The average Bonchev–Trinajstić information content (AvgIpc) is 2.69. The molecule has 0 fully saturated rings. The van der Waals surface area contributed by atoms with Crippen molar-refractivity contribution < 1.29 is 35.3 Å². The molecule has 0 radical (unpaired) electrons. The number of ether oxygens (including phenoxy) is 1. The molecule has 10 heteroatoms. The van der Waals surface area contributed by atoms with Crippen LogP contribution in [0, 0.1) is 0 Å².